The van der Waals surface area contributed by atoms with Crippen LogP contribution in [0.4, 0.5) is 4.39 Å². The van der Waals surface area contributed by atoms with E-state index >= 15 is 4.39 Å². The molecule has 1 aliphatic heterocycles. The van der Waals surface area contributed by atoms with Crippen molar-refractivity contribution in [1.29, 1.82) is 0 Å². The van der Waals surface area contributed by atoms with Crippen LogP contribution in [0.2, 0.25) is 0 Å². The highest BCUT2D eigenvalue weighted by Crippen LogP contribution is 2.48. The second-order valence-electron chi connectivity index (χ2n) is 5.27. The van der Waals surface area contributed by atoms with Crippen LogP contribution in [0.15, 0.2) is 23.1 Å². The van der Waals surface area contributed by atoms with Gasteiger partial charge >= 0.3 is 5.72 Å². The van der Waals surface area contributed by atoms with E-state index in [-0.39, 0.29) is 26.1 Å². The summed E-state index contributed by atoms with van der Waals surface area (Å²) in [5.41, 5.74) is -4.51. The van der Waals surface area contributed by atoms with Gasteiger partial charge in [0.15, 0.2) is 0 Å². The maximum atomic E-state index is 15.4. The number of alkyl halides is 1. The lowest BCUT2D eigenvalue weighted by Gasteiger charge is -2.42. The van der Waals surface area contributed by atoms with Crippen LogP contribution in [0.1, 0.15) is 12.8 Å². The maximum Gasteiger partial charge on any atom is 0.355 e. The molecule has 2 rings (SSSR count). The van der Waals surface area contributed by atoms with Gasteiger partial charge in [0.25, 0.3) is 0 Å². The number of sulfonamides is 1. The first-order valence-corrected chi connectivity index (χ1v) is 8.10. The summed E-state index contributed by atoms with van der Waals surface area (Å²) in [4.78, 5) is 10.2. The zero-order valence-electron chi connectivity index (χ0n) is 11.9. The van der Waals surface area contributed by atoms with Crippen LogP contribution in [0.5, 0.6) is 0 Å². The highest BCUT2D eigenvalue weighted by molar-refractivity contribution is 7.93. The number of methoxy groups -OCH3 is 1. The molecule has 10 heteroatoms. The molecule has 8 nitrogen and oxygen atoms in total. The summed E-state index contributed by atoms with van der Waals surface area (Å²) in [6.45, 7) is 0.0677. The maximum absolute atomic E-state index is 15.4. The third-order valence-corrected chi connectivity index (χ3v) is 5.10. The summed E-state index contributed by atoms with van der Waals surface area (Å²) in [7, 11) is -3.30. The average molecular weight is 336 g/mol. The minimum absolute atomic E-state index is 0.0339. The lowest BCUT2D eigenvalue weighted by molar-refractivity contribution is -0.624. The smallest absolute Gasteiger partial charge is 0.355 e. The van der Waals surface area contributed by atoms with E-state index in [0.717, 1.165) is 25.3 Å². The number of nitrogens with two attached hydrogens (primary N) is 1. The van der Waals surface area contributed by atoms with Crippen LogP contribution in [-0.4, -0.2) is 45.1 Å². The number of rotatable bonds is 4. The highest BCUT2D eigenvalue weighted by atomic mass is 32.2. The van der Waals surface area contributed by atoms with Crippen molar-refractivity contribution in [2.45, 2.75) is 24.2 Å². The first-order chi connectivity index (χ1) is 10.2. The fourth-order valence-electron chi connectivity index (χ4n) is 2.99. The molecule has 1 saturated heterocycles. The van der Waals surface area contributed by atoms with Gasteiger partial charge in [0.1, 0.15) is 11.6 Å². The third-order valence-electron chi connectivity index (χ3n) is 4.08. The van der Waals surface area contributed by atoms with E-state index < -0.39 is 37.2 Å². The molecule has 0 saturated carbocycles. The molecule has 0 spiro atoms. The summed E-state index contributed by atoms with van der Waals surface area (Å²) >= 11 is 0. The van der Waals surface area contributed by atoms with Crippen LogP contribution < -0.4 is 5.14 Å². The molecule has 1 aliphatic carbocycles. The molecule has 2 atom stereocenters. The van der Waals surface area contributed by atoms with Gasteiger partial charge in [-0.1, -0.05) is 6.08 Å². The van der Waals surface area contributed by atoms with Crippen LogP contribution in [0, 0.1) is 16.0 Å². The number of hydrogen-bond acceptors (Lipinski definition) is 6. The van der Waals surface area contributed by atoms with Crippen molar-refractivity contribution in [2.75, 3.05) is 20.3 Å². The monoisotopic (exact) mass is 336 g/mol. The molecule has 0 radical (unpaired) electrons. The molecule has 0 amide bonds. The summed E-state index contributed by atoms with van der Waals surface area (Å²) in [5, 5.41) is 16.7. The van der Waals surface area contributed by atoms with Crippen LogP contribution >= 0.6 is 0 Å². The molecule has 1 fully saturated rings. The van der Waals surface area contributed by atoms with E-state index in [0.29, 0.717) is 0 Å². The van der Waals surface area contributed by atoms with Crippen molar-refractivity contribution in [3.8, 4) is 0 Å². The number of nitrogens with zero attached hydrogens (tertiary/aromatic N) is 1. The van der Waals surface area contributed by atoms with Crippen molar-refractivity contribution in [3.05, 3.63) is 33.2 Å². The third kappa shape index (κ3) is 2.67. The minimum Gasteiger partial charge on any atom is -0.381 e. The fraction of sp³-hybridized carbons (Fsp3) is 0.667. The first kappa shape index (κ1) is 17.0. The number of ether oxygens (including phenoxy) is 2. The molecular weight excluding hydrogens is 319 g/mol. The largest absolute Gasteiger partial charge is 0.381 e. The van der Waals surface area contributed by atoms with Crippen molar-refractivity contribution in [1.82, 2.24) is 0 Å². The Morgan fingerprint density at radius 1 is 1.50 bits per heavy atom. The number of nitro groups is 1. The van der Waals surface area contributed by atoms with E-state index in [1.165, 1.54) is 0 Å². The van der Waals surface area contributed by atoms with Crippen molar-refractivity contribution in [2.24, 2.45) is 11.1 Å². The molecule has 0 bridgehead atoms. The number of allylic oxidation sites excluding steroid dienone is 2. The normalized spacial score (nSPS) is 31.6. The molecular formula is C12H17FN2O6S. The molecule has 1 heterocycles. The van der Waals surface area contributed by atoms with Crippen molar-refractivity contribution >= 4 is 10.0 Å². The number of primary sulfonamides is 1. The molecule has 2 aliphatic rings. The Balaban J connectivity index is 2.64. The van der Waals surface area contributed by atoms with E-state index in [1.54, 1.807) is 0 Å². The minimum atomic E-state index is -4.33. The van der Waals surface area contributed by atoms with E-state index in [4.69, 9.17) is 14.6 Å². The zero-order valence-corrected chi connectivity index (χ0v) is 12.7. The fourth-order valence-corrected chi connectivity index (χ4v) is 3.96. The van der Waals surface area contributed by atoms with Gasteiger partial charge in [0, 0.05) is 39.2 Å². The Morgan fingerprint density at radius 3 is 2.55 bits per heavy atom. The van der Waals surface area contributed by atoms with Crippen LogP contribution in [0.3, 0.4) is 0 Å². The molecule has 2 unspecified atom stereocenters. The number of halogens is 1. The summed E-state index contributed by atoms with van der Waals surface area (Å²) in [6, 6.07) is 0. The van der Waals surface area contributed by atoms with Crippen molar-refractivity contribution < 1.29 is 27.2 Å². The predicted molar refractivity (Wildman–Crippen MR) is 74.4 cm³/mol. The lowest BCUT2D eigenvalue weighted by atomic mass is 9.74. The summed E-state index contributed by atoms with van der Waals surface area (Å²) < 4.78 is 49.1. The second-order valence-corrected chi connectivity index (χ2v) is 6.83. The van der Waals surface area contributed by atoms with Gasteiger partial charge in [-0.25, -0.2) is 17.9 Å². The van der Waals surface area contributed by atoms with Gasteiger partial charge in [-0.3, -0.25) is 10.1 Å². The topological polar surface area (TPSA) is 122 Å². The van der Waals surface area contributed by atoms with Gasteiger partial charge in [-0.2, -0.15) is 0 Å². The van der Waals surface area contributed by atoms with E-state index in [9.17, 15) is 18.5 Å². The van der Waals surface area contributed by atoms with Gasteiger partial charge < -0.3 is 9.47 Å². The SMILES string of the molecule is COC1([N+](=O)[O-])C=CC=C(S(N)(=O)=O)C1C1(F)CCOCC1. The Kier molecular flexibility index (Phi) is 4.39. The molecule has 0 aromatic rings. The zero-order chi connectivity index (χ0) is 16.6. The van der Waals surface area contributed by atoms with Crippen LogP contribution in [0.25, 0.3) is 0 Å². The highest BCUT2D eigenvalue weighted by Gasteiger charge is 2.63. The van der Waals surface area contributed by atoms with Crippen LogP contribution in [-0.2, 0) is 19.5 Å². The molecule has 0 aromatic heterocycles. The molecule has 124 valence electrons. The summed E-state index contributed by atoms with van der Waals surface area (Å²) in [5.74, 6) is -1.68. The standard InChI is InChI=1S/C12H17FN2O6S/c1-20-12(15(16)17)4-2-3-9(22(14,18)19)10(12)11(13)5-7-21-8-6-11/h2-4,10H,5-8H2,1H3,(H2,14,18,19). The van der Waals surface area contributed by atoms with Gasteiger partial charge in [-0.15, -0.1) is 0 Å². The van der Waals surface area contributed by atoms with Gasteiger partial charge in [0.05, 0.1) is 9.83 Å². The van der Waals surface area contributed by atoms with E-state index in [1.807, 2.05) is 0 Å². The number of hydrogen-bond donors (Lipinski definition) is 1. The lowest BCUT2D eigenvalue weighted by Crippen LogP contribution is -2.58. The average Bonchev–Trinajstić information content (AvgIpc) is 2.46. The molecule has 2 N–H and O–H groups in total. The quantitative estimate of drug-likeness (QED) is 0.453. The first-order valence-electron chi connectivity index (χ1n) is 6.56. The van der Waals surface area contributed by atoms with Gasteiger partial charge in [0.2, 0.25) is 10.0 Å². The summed E-state index contributed by atoms with van der Waals surface area (Å²) in [6.07, 6.45) is 2.90. The Bertz CT molecular complexity index is 626. The van der Waals surface area contributed by atoms with Crippen molar-refractivity contribution in [3.63, 3.8) is 0 Å². The van der Waals surface area contributed by atoms with Gasteiger partial charge in [-0.05, 0) is 6.08 Å². The Morgan fingerprint density at radius 2 is 2.09 bits per heavy atom. The molecule has 0 aromatic carbocycles. The molecule has 22 heavy (non-hydrogen) atoms. The van der Waals surface area contributed by atoms with E-state index in [2.05, 4.69) is 0 Å². The predicted octanol–water partition coefficient (Wildman–Crippen LogP) is 0.483. The Hall–Kier alpha value is -1.36. The Labute approximate surface area is 127 Å². The second kappa shape index (κ2) is 5.69.